The Balaban J connectivity index is 1.97. The second-order valence-electron chi connectivity index (χ2n) is 3.33. The van der Waals surface area contributed by atoms with Gasteiger partial charge in [0, 0.05) is 14.1 Å². The van der Waals surface area contributed by atoms with E-state index in [0.717, 1.165) is 24.8 Å². The third kappa shape index (κ3) is 3.03. The maximum Gasteiger partial charge on any atom is 0.232 e. The average Bonchev–Trinajstić information content (AvgIpc) is 1.93. The summed E-state index contributed by atoms with van der Waals surface area (Å²) in [5.41, 5.74) is 0. The molecule has 70 valence electrons. The lowest BCUT2D eigenvalue weighted by atomic mass is 10.1. The van der Waals surface area contributed by atoms with Crippen molar-refractivity contribution in [2.75, 3.05) is 38.7 Å². The Morgan fingerprint density at radius 3 is 2.67 bits per heavy atom. The van der Waals surface area contributed by atoms with Gasteiger partial charge in [-0.1, -0.05) is 0 Å². The molecule has 0 atom stereocenters. The van der Waals surface area contributed by atoms with Crippen LogP contribution < -0.4 is 5.32 Å². The molecule has 4 heteroatoms. The lowest BCUT2D eigenvalue weighted by Gasteiger charge is -2.26. The number of amides is 1. The van der Waals surface area contributed by atoms with Crippen LogP contribution >= 0.6 is 11.8 Å². The number of nitrogens with zero attached hydrogens (tertiary/aromatic N) is 1. The van der Waals surface area contributed by atoms with Gasteiger partial charge in [-0.25, -0.2) is 0 Å². The van der Waals surface area contributed by atoms with Crippen LogP contribution in [0.15, 0.2) is 0 Å². The van der Waals surface area contributed by atoms with E-state index in [4.69, 9.17) is 0 Å². The van der Waals surface area contributed by atoms with Crippen LogP contribution in [0, 0.1) is 5.92 Å². The fourth-order valence-electron chi connectivity index (χ4n) is 0.908. The second kappa shape index (κ2) is 4.72. The Morgan fingerprint density at radius 2 is 2.25 bits per heavy atom. The van der Waals surface area contributed by atoms with Gasteiger partial charge in [0.1, 0.15) is 0 Å². The zero-order valence-electron chi connectivity index (χ0n) is 7.67. The predicted octanol–water partition coefficient (Wildman–Crippen LogP) is 0.0272. The van der Waals surface area contributed by atoms with E-state index in [0.29, 0.717) is 5.75 Å². The van der Waals surface area contributed by atoms with Crippen LogP contribution in [0.4, 0.5) is 0 Å². The van der Waals surface area contributed by atoms with Crippen molar-refractivity contribution in [1.29, 1.82) is 0 Å². The maximum atomic E-state index is 11.1. The molecular formula is C8H16N2OS. The summed E-state index contributed by atoms with van der Waals surface area (Å²) < 4.78 is 0. The molecule has 3 nitrogen and oxygen atoms in total. The molecule has 0 spiro atoms. The fourth-order valence-corrected chi connectivity index (χ4v) is 2.03. The SMILES string of the molecule is CN(C)C(=O)CSCC1CNC1. The van der Waals surface area contributed by atoms with E-state index in [2.05, 4.69) is 5.32 Å². The average molecular weight is 188 g/mol. The Hall–Kier alpha value is -0.220. The second-order valence-corrected chi connectivity index (χ2v) is 4.36. The first-order valence-electron chi connectivity index (χ1n) is 4.18. The Morgan fingerprint density at radius 1 is 1.58 bits per heavy atom. The van der Waals surface area contributed by atoms with Gasteiger partial charge in [0.05, 0.1) is 5.75 Å². The minimum absolute atomic E-state index is 0.215. The third-order valence-electron chi connectivity index (χ3n) is 1.94. The van der Waals surface area contributed by atoms with Gasteiger partial charge in [-0.2, -0.15) is 11.8 Å². The van der Waals surface area contributed by atoms with Crippen molar-refractivity contribution in [3.05, 3.63) is 0 Å². The largest absolute Gasteiger partial charge is 0.348 e. The molecule has 0 bridgehead atoms. The van der Waals surface area contributed by atoms with Gasteiger partial charge in [0.25, 0.3) is 0 Å². The normalized spacial score (nSPS) is 17.2. The number of rotatable bonds is 4. The van der Waals surface area contributed by atoms with E-state index in [1.54, 1.807) is 30.8 Å². The van der Waals surface area contributed by atoms with Gasteiger partial charge >= 0.3 is 0 Å². The molecule has 1 N–H and O–H groups in total. The van der Waals surface area contributed by atoms with E-state index in [9.17, 15) is 4.79 Å². The summed E-state index contributed by atoms with van der Waals surface area (Å²) in [4.78, 5) is 12.8. The summed E-state index contributed by atoms with van der Waals surface area (Å²) >= 11 is 1.74. The minimum atomic E-state index is 0.215. The molecule has 1 heterocycles. The Kier molecular flexibility index (Phi) is 3.88. The molecule has 1 rings (SSSR count). The fraction of sp³-hybridized carbons (Fsp3) is 0.875. The third-order valence-corrected chi connectivity index (χ3v) is 3.10. The molecule has 1 fully saturated rings. The van der Waals surface area contributed by atoms with Gasteiger partial charge in [-0.15, -0.1) is 0 Å². The molecule has 0 aliphatic carbocycles. The molecule has 1 saturated heterocycles. The van der Waals surface area contributed by atoms with Crippen LogP contribution in [-0.4, -0.2) is 49.5 Å². The molecule has 0 aromatic heterocycles. The van der Waals surface area contributed by atoms with Crippen molar-refractivity contribution in [3.8, 4) is 0 Å². The first kappa shape index (κ1) is 9.86. The number of carbonyl (C=O) groups excluding carboxylic acids is 1. The topological polar surface area (TPSA) is 32.3 Å². The van der Waals surface area contributed by atoms with Crippen LogP contribution in [-0.2, 0) is 4.79 Å². The van der Waals surface area contributed by atoms with Crippen LogP contribution in [0.25, 0.3) is 0 Å². The van der Waals surface area contributed by atoms with Gasteiger partial charge in [-0.3, -0.25) is 4.79 Å². The minimum Gasteiger partial charge on any atom is -0.348 e. The van der Waals surface area contributed by atoms with Crippen LogP contribution in [0.1, 0.15) is 0 Å². The summed E-state index contributed by atoms with van der Waals surface area (Å²) in [6.07, 6.45) is 0. The summed E-state index contributed by atoms with van der Waals surface area (Å²) in [6.45, 7) is 2.26. The number of nitrogens with one attached hydrogen (secondary N) is 1. The number of hydrogen-bond acceptors (Lipinski definition) is 3. The highest BCUT2D eigenvalue weighted by Gasteiger charge is 2.16. The molecule has 0 aromatic carbocycles. The van der Waals surface area contributed by atoms with Gasteiger partial charge in [-0.05, 0) is 24.8 Å². The van der Waals surface area contributed by atoms with Crippen LogP contribution in [0.5, 0.6) is 0 Å². The summed E-state index contributed by atoms with van der Waals surface area (Å²) in [5.74, 6) is 2.76. The summed E-state index contributed by atoms with van der Waals surface area (Å²) in [7, 11) is 3.60. The van der Waals surface area contributed by atoms with E-state index in [1.165, 1.54) is 0 Å². The highest BCUT2D eigenvalue weighted by molar-refractivity contribution is 7.99. The van der Waals surface area contributed by atoms with Crippen molar-refractivity contribution in [2.45, 2.75) is 0 Å². The molecule has 0 unspecified atom stereocenters. The number of carbonyl (C=O) groups is 1. The van der Waals surface area contributed by atoms with Gasteiger partial charge in [0.15, 0.2) is 0 Å². The number of hydrogen-bond donors (Lipinski definition) is 1. The Bertz CT molecular complexity index is 157. The number of thioether (sulfide) groups is 1. The predicted molar refractivity (Wildman–Crippen MR) is 52.4 cm³/mol. The molecule has 1 amide bonds. The van der Waals surface area contributed by atoms with E-state index < -0.39 is 0 Å². The molecule has 1 aliphatic rings. The van der Waals surface area contributed by atoms with Crippen molar-refractivity contribution in [2.24, 2.45) is 5.92 Å². The standard InChI is InChI=1S/C8H16N2OS/c1-10(2)8(11)6-12-5-7-3-9-4-7/h7,9H,3-6H2,1-2H3. The first-order chi connectivity index (χ1) is 5.70. The quantitative estimate of drug-likeness (QED) is 0.675. The lowest BCUT2D eigenvalue weighted by molar-refractivity contribution is -0.125. The monoisotopic (exact) mass is 188 g/mol. The summed E-state index contributed by atoms with van der Waals surface area (Å²) in [6, 6.07) is 0. The summed E-state index contributed by atoms with van der Waals surface area (Å²) in [5, 5.41) is 3.21. The lowest BCUT2D eigenvalue weighted by Crippen LogP contribution is -2.43. The van der Waals surface area contributed by atoms with Crippen molar-refractivity contribution in [3.63, 3.8) is 0 Å². The Labute approximate surface area is 77.9 Å². The molecule has 1 aliphatic heterocycles. The van der Waals surface area contributed by atoms with Crippen molar-refractivity contribution < 1.29 is 4.79 Å². The molecular weight excluding hydrogens is 172 g/mol. The highest BCUT2D eigenvalue weighted by Crippen LogP contribution is 2.12. The van der Waals surface area contributed by atoms with E-state index in [-0.39, 0.29) is 5.91 Å². The van der Waals surface area contributed by atoms with E-state index >= 15 is 0 Å². The van der Waals surface area contributed by atoms with Crippen molar-refractivity contribution >= 4 is 17.7 Å². The van der Waals surface area contributed by atoms with Crippen molar-refractivity contribution in [1.82, 2.24) is 10.2 Å². The van der Waals surface area contributed by atoms with E-state index in [1.807, 2.05) is 0 Å². The maximum absolute atomic E-state index is 11.1. The highest BCUT2D eigenvalue weighted by atomic mass is 32.2. The van der Waals surface area contributed by atoms with Gasteiger partial charge < -0.3 is 10.2 Å². The zero-order chi connectivity index (χ0) is 8.97. The molecule has 0 saturated carbocycles. The first-order valence-corrected chi connectivity index (χ1v) is 5.34. The van der Waals surface area contributed by atoms with Gasteiger partial charge in [0.2, 0.25) is 5.91 Å². The molecule has 12 heavy (non-hydrogen) atoms. The van der Waals surface area contributed by atoms with Crippen LogP contribution in [0.2, 0.25) is 0 Å². The molecule has 0 aromatic rings. The smallest absolute Gasteiger partial charge is 0.232 e. The molecule has 0 radical (unpaired) electrons. The van der Waals surface area contributed by atoms with Crippen LogP contribution in [0.3, 0.4) is 0 Å². The zero-order valence-corrected chi connectivity index (χ0v) is 8.49.